The Labute approximate surface area is 191 Å². The molecule has 2 heterocycles. The third-order valence-corrected chi connectivity index (χ3v) is 7.57. The number of carbonyl (C=O) groups excluding carboxylic acids is 1. The van der Waals surface area contributed by atoms with Gasteiger partial charge in [0.15, 0.2) is 0 Å². The van der Waals surface area contributed by atoms with Gasteiger partial charge in [0.2, 0.25) is 15.9 Å². The lowest BCUT2D eigenvalue weighted by Gasteiger charge is -2.15. The number of ether oxygens (including phenoxy) is 1. The summed E-state index contributed by atoms with van der Waals surface area (Å²) in [4.78, 5) is 18.0. The van der Waals surface area contributed by atoms with Crippen molar-refractivity contribution >= 4 is 27.3 Å². The highest BCUT2D eigenvalue weighted by atomic mass is 32.2. The van der Waals surface area contributed by atoms with Gasteiger partial charge >= 0.3 is 0 Å². The molecule has 32 heavy (non-hydrogen) atoms. The molecule has 4 rings (SSSR count). The highest BCUT2D eigenvalue weighted by Crippen LogP contribution is 2.25. The summed E-state index contributed by atoms with van der Waals surface area (Å²) in [6, 6.07) is 13.4. The van der Waals surface area contributed by atoms with Crippen LogP contribution in [0.2, 0.25) is 0 Å². The lowest BCUT2D eigenvalue weighted by Crippen LogP contribution is -2.25. The second-order valence-electron chi connectivity index (χ2n) is 7.61. The van der Waals surface area contributed by atoms with Gasteiger partial charge in [0.25, 0.3) is 5.91 Å². The number of amides is 1. The van der Waals surface area contributed by atoms with Gasteiger partial charge < -0.3 is 10.1 Å². The third kappa shape index (κ3) is 5.73. The van der Waals surface area contributed by atoms with Gasteiger partial charge in [0.05, 0.1) is 4.90 Å². The van der Waals surface area contributed by atoms with Crippen molar-refractivity contribution in [1.82, 2.24) is 15.0 Å². The minimum absolute atomic E-state index is 0.0494. The van der Waals surface area contributed by atoms with Crippen LogP contribution >= 0.6 is 11.3 Å². The quantitative estimate of drug-likeness (QED) is 0.494. The van der Waals surface area contributed by atoms with Crippen molar-refractivity contribution in [2.45, 2.75) is 49.8 Å². The molecule has 1 aromatic carbocycles. The van der Waals surface area contributed by atoms with Crippen LogP contribution < -0.4 is 14.8 Å². The Bertz CT molecular complexity index is 1160. The number of thiophene rings is 1. The fraction of sp³-hybridized carbons (Fsp3) is 0.304. The molecule has 3 aromatic rings. The molecule has 0 bridgehead atoms. The van der Waals surface area contributed by atoms with Crippen molar-refractivity contribution < 1.29 is 17.9 Å². The van der Waals surface area contributed by atoms with Gasteiger partial charge in [0, 0.05) is 35.3 Å². The second-order valence-corrected chi connectivity index (χ2v) is 10.4. The number of aromatic nitrogens is 1. The minimum Gasteiger partial charge on any atom is -0.474 e. The molecule has 2 N–H and O–H groups in total. The molecular weight excluding hydrogens is 446 g/mol. The van der Waals surface area contributed by atoms with Crippen molar-refractivity contribution in [1.29, 1.82) is 0 Å². The smallest absolute Gasteiger partial charge is 0.251 e. The lowest BCUT2D eigenvalue weighted by atomic mass is 10.2. The number of nitrogens with zero attached hydrogens (tertiary/aromatic N) is 1. The van der Waals surface area contributed by atoms with Gasteiger partial charge in [-0.3, -0.25) is 4.79 Å². The monoisotopic (exact) mass is 471 g/mol. The van der Waals surface area contributed by atoms with E-state index in [4.69, 9.17) is 4.74 Å². The Kier molecular flexibility index (Phi) is 7.19. The van der Waals surface area contributed by atoms with E-state index in [1.807, 2.05) is 23.6 Å². The molecule has 9 heteroatoms. The standard InChI is InChI=1S/C23H25N3O4S2/c27-22(25-15-18-7-4-12-24-23(18)30-19-8-1-2-9-19)17-6-3-11-21(14-17)32(28,29)26-16-20-10-5-13-31-20/h3-7,10-14,19,26H,1-2,8-9,15-16H2,(H,25,27). The van der Waals surface area contributed by atoms with Crippen LogP contribution in [-0.4, -0.2) is 25.4 Å². The summed E-state index contributed by atoms with van der Waals surface area (Å²) in [6.45, 7) is 0.448. The van der Waals surface area contributed by atoms with Crippen LogP contribution in [0, 0.1) is 0 Å². The normalized spacial score (nSPS) is 14.4. The maximum atomic E-state index is 12.7. The molecule has 168 valence electrons. The van der Waals surface area contributed by atoms with Crippen LogP contribution in [0.25, 0.3) is 0 Å². The van der Waals surface area contributed by atoms with Crippen LogP contribution in [0.4, 0.5) is 0 Å². The first-order chi connectivity index (χ1) is 15.5. The van der Waals surface area contributed by atoms with Gasteiger partial charge in [-0.2, -0.15) is 0 Å². The fourth-order valence-corrected chi connectivity index (χ4v) is 5.36. The molecule has 7 nitrogen and oxygen atoms in total. The van der Waals surface area contributed by atoms with E-state index in [1.165, 1.54) is 23.5 Å². The molecule has 0 radical (unpaired) electrons. The highest BCUT2D eigenvalue weighted by Gasteiger charge is 2.19. The zero-order valence-corrected chi connectivity index (χ0v) is 19.1. The average molecular weight is 472 g/mol. The molecule has 1 aliphatic carbocycles. The van der Waals surface area contributed by atoms with Gasteiger partial charge in [-0.1, -0.05) is 18.2 Å². The van der Waals surface area contributed by atoms with Crippen molar-refractivity contribution in [3.8, 4) is 5.88 Å². The molecule has 1 amide bonds. The predicted molar refractivity (Wildman–Crippen MR) is 123 cm³/mol. The minimum atomic E-state index is -3.73. The molecule has 0 unspecified atom stereocenters. The molecule has 1 fully saturated rings. The van der Waals surface area contributed by atoms with E-state index in [0.29, 0.717) is 5.88 Å². The first-order valence-corrected chi connectivity index (χ1v) is 12.9. The number of rotatable bonds is 9. The van der Waals surface area contributed by atoms with Gasteiger partial charge in [0.1, 0.15) is 6.10 Å². The van der Waals surface area contributed by atoms with E-state index in [1.54, 1.807) is 24.4 Å². The van der Waals surface area contributed by atoms with E-state index in [2.05, 4.69) is 15.0 Å². The largest absolute Gasteiger partial charge is 0.474 e. The van der Waals surface area contributed by atoms with Crippen LogP contribution in [0.5, 0.6) is 5.88 Å². The average Bonchev–Trinajstić information content (AvgIpc) is 3.51. The summed E-state index contributed by atoms with van der Waals surface area (Å²) in [5, 5.41) is 4.73. The molecule has 1 saturated carbocycles. The second kappa shape index (κ2) is 10.2. The summed E-state index contributed by atoms with van der Waals surface area (Å²) >= 11 is 1.48. The SMILES string of the molecule is O=C(NCc1cccnc1OC1CCCC1)c1cccc(S(=O)(=O)NCc2cccs2)c1. The number of benzene rings is 1. The number of sulfonamides is 1. The van der Waals surface area contributed by atoms with E-state index < -0.39 is 10.0 Å². The molecule has 2 aromatic heterocycles. The van der Waals surface area contributed by atoms with E-state index >= 15 is 0 Å². The zero-order valence-electron chi connectivity index (χ0n) is 17.5. The lowest BCUT2D eigenvalue weighted by molar-refractivity contribution is 0.0950. The molecular formula is C23H25N3O4S2. The number of pyridine rings is 1. The van der Waals surface area contributed by atoms with Crippen LogP contribution in [-0.2, 0) is 23.1 Å². The Hall–Kier alpha value is -2.75. The molecule has 0 saturated heterocycles. The number of carbonyl (C=O) groups is 1. The Balaban J connectivity index is 1.40. The third-order valence-electron chi connectivity index (χ3n) is 5.29. The van der Waals surface area contributed by atoms with Crippen LogP contribution in [0.15, 0.2) is 65.0 Å². The van der Waals surface area contributed by atoms with Crippen molar-refractivity contribution in [2.75, 3.05) is 0 Å². The summed E-state index contributed by atoms with van der Waals surface area (Å²) in [5.74, 6) is 0.171. The maximum Gasteiger partial charge on any atom is 0.251 e. The van der Waals surface area contributed by atoms with Crippen LogP contribution in [0.1, 0.15) is 46.5 Å². The van der Waals surface area contributed by atoms with E-state index in [9.17, 15) is 13.2 Å². The summed E-state index contributed by atoms with van der Waals surface area (Å²) in [7, 11) is -3.73. The fourth-order valence-electron chi connectivity index (χ4n) is 3.57. The summed E-state index contributed by atoms with van der Waals surface area (Å²) in [6.07, 6.45) is 6.19. The number of hydrogen-bond donors (Lipinski definition) is 2. The first kappa shape index (κ1) is 22.4. The predicted octanol–water partition coefficient (Wildman–Crippen LogP) is 3.87. The van der Waals surface area contributed by atoms with E-state index in [-0.39, 0.29) is 35.6 Å². The summed E-state index contributed by atoms with van der Waals surface area (Å²) in [5.41, 5.74) is 1.06. The molecule has 0 aliphatic heterocycles. The Morgan fingerprint density at radius 1 is 1.09 bits per heavy atom. The molecule has 1 aliphatic rings. The molecule has 0 spiro atoms. The topological polar surface area (TPSA) is 97.4 Å². The maximum absolute atomic E-state index is 12.7. The highest BCUT2D eigenvalue weighted by molar-refractivity contribution is 7.89. The van der Waals surface area contributed by atoms with Crippen molar-refractivity contribution in [2.24, 2.45) is 0 Å². The number of hydrogen-bond acceptors (Lipinski definition) is 6. The molecule has 0 atom stereocenters. The van der Waals surface area contributed by atoms with Crippen molar-refractivity contribution in [3.63, 3.8) is 0 Å². The van der Waals surface area contributed by atoms with E-state index in [0.717, 1.165) is 36.1 Å². The van der Waals surface area contributed by atoms with Gasteiger partial charge in [-0.25, -0.2) is 18.1 Å². The Morgan fingerprint density at radius 3 is 2.72 bits per heavy atom. The first-order valence-electron chi connectivity index (χ1n) is 10.5. The van der Waals surface area contributed by atoms with Crippen LogP contribution in [0.3, 0.4) is 0 Å². The zero-order chi connectivity index (χ0) is 22.4. The number of nitrogens with one attached hydrogen (secondary N) is 2. The van der Waals surface area contributed by atoms with Gasteiger partial charge in [-0.05, 0) is 61.4 Å². The van der Waals surface area contributed by atoms with Crippen molar-refractivity contribution in [3.05, 3.63) is 76.1 Å². The summed E-state index contributed by atoms with van der Waals surface area (Å²) < 4.78 is 33.8. The van der Waals surface area contributed by atoms with Gasteiger partial charge in [-0.15, -0.1) is 11.3 Å². The Morgan fingerprint density at radius 2 is 1.94 bits per heavy atom.